The van der Waals surface area contributed by atoms with Crippen molar-refractivity contribution in [3.8, 4) is 84.9 Å². The molecular weight excluding hydrogens is 769 g/mol. The third-order valence-electron chi connectivity index (χ3n) is 11.3. The summed E-state index contributed by atoms with van der Waals surface area (Å²) in [7, 11) is 0. The fraction of sp³-hybridized carbons (Fsp3) is 0. The van der Waals surface area contributed by atoms with Gasteiger partial charge in [0.15, 0.2) is 0 Å². The van der Waals surface area contributed by atoms with Gasteiger partial charge in [0.25, 0.3) is 0 Å². The van der Waals surface area contributed by atoms with E-state index in [1.54, 1.807) is 0 Å². The van der Waals surface area contributed by atoms with Crippen LogP contribution in [0.1, 0.15) is 0 Å². The molecule has 0 atom stereocenters. The molecule has 0 saturated carbocycles. The first-order valence-corrected chi connectivity index (χ1v) is 22.3. The molecule has 0 bridgehead atoms. The van der Waals surface area contributed by atoms with Gasteiger partial charge in [0.1, 0.15) is 0 Å². The molecule has 0 spiro atoms. The lowest BCUT2D eigenvalue weighted by atomic mass is 9.97. The second-order valence-electron chi connectivity index (χ2n) is 14.9. The van der Waals surface area contributed by atoms with E-state index in [0.717, 1.165) is 0 Å². The molecule has 0 saturated heterocycles. The Morgan fingerprint density at radius 3 is 0.712 bits per heavy atom. The Hall–Kier alpha value is -6.62. The van der Waals surface area contributed by atoms with Crippen LogP contribution in [0.4, 0.5) is 0 Å². The average Bonchev–Trinajstić information content (AvgIpc) is 4.12. The number of benzene rings is 8. The van der Waals surface area contributed by atoms with Crippen LogP contribution in [0.3, 0.4) is 0 Å². The minimum Gasteiger partial charge on any atom is -0.135 e. The molecule has 11 aromatic rings. The van der Waals surface area contributed by atoms with E-state index in [9.17, 15) is 0 Å². The maximum Gasteiger partial charge on any atom is 0.0349 e. The molecule has 0 nitrogen and oxygen atoms in total. The molecular formula is C56H36S3. The molecule has 0 aliphatic rings. The van der Waals surface area contributed by atoms with Crippen LogP contribution >= 0.6 is 34.0 Å². The van der Waals surface area contributed by atoms with E-state index in [4.69, 9.17) is 0 Å². The van der Waals surface area contributed by atoms with Crippen molar-refractivity contribution in [1.29, 1.82) is 0 Å². The zero-order valence-electron chi connectivity index (χ0n) is 32.0. The normalized spacial score (nSPS) is 11.4. The molecule has 0 unspecified atom stereocenters. The zero-order chi connectivity index (χ0) is 39.1. The molecule has 59 heavy (non-hydrogen) atoms. The van der Waals surface area contributed by atoms with Gasteiger partial charge in [-0.2, -0.15) is 0 Å². The van der Waals surface area contributed by atoms with Crippen molar-refractivity contribution in [3.05, 3.63) is 218 Å². The lowest BCUT2D eigenvalue weighted by Gasteiger charge is -2.08. The molecule has 278 valence electrons. The monoisotopic (exact) mass is 804 g/mol. The maximum atomic E-state index is 2.26. The summed E-state index contributed by atoms with van der Waals surface area (Å²) in [4.78, 5) is 7.69. The van der Waals surface area contributed by atoms with Crippen LogP contribution in [-0.4, -0.2) is 0 Å². The number of fused-ring (bicyclic) bond motifs is 2. The fourth-order valence-electron chi connectivity index (χ4n) is 8.12. The van der Waals surface area contributed by atoms with Gasteiger partial charge in [-0.15, -0.1) is 34.0 Å². The summed E-state index contributed by atoms with van der Waals surface area (Å²) < 4.78 is 0. The molecule has 0 fully saturated rings. The van der Waals surface area contributed by atoms with E-state index in [1.807, 2.05) is 34.0 Å². The summed E-state index contributed by atoms with van der Waals surface area (Å²) in [5.74, 6) is 0. The standard InChI is InChI=1S/C56H36S3/c1-3-11-47-37(7-1)9-5-13-49(47)39-15-19-41(20-16-39)51-31-33-53(57-51)43-23-27-45(28-24-43)55-35-36-56(59-55)46-29-25-44(26-30-46)54-34-32-52(58-54)42-21-17-40(18-22-42)50-14-6-10-38-8-2-4-12-48(38)50/h1-36H. The smallest absolute Gasteiger partial charge is 0.0349 e. The van der Waals surface area contributed by atoms with Gasteiger partial charge in [0.2, 0.25) is 0 Å². The summed E-state index contributed by atoms with van der Waals surface area (Å²) in [6, 6.07) is 79.9. The number of thiophene rings is 3. The van der Waals surface area contributed by atoms with Crippen molar-refractivity contribution in [2.45, 2.75) is 0 Å². The van der Waals surface area contributed by atoms with Crippen molar-refractivity contribution < 1.29 is 0 Å². The van der Waals surface area contributed by atoms with E-state index >= 15 is 0 Å². The molecule has 0 aliphatic carbocycles. The topological polar surface area (TPSA) is 0 Å². The van der Waals surface area contributed by atoms with Crippen molar-refractivity contribution in [2.24, 2.45) is 0 Å². The van der Waals surface area contributed by atoms with Crippen molar-refractivity contribution in [2.75, 3.05) is 0 Å². The predicted molar refractivity (Wildman–Crippen MR) is 259 cm³/mol. The first-order valence-electron chi connectivity index (χ1n) is 19.9. The molecule has 8 aromatic carbocycles. The van der Waals surface area contributed by atoms with Crippen molar-refractivity contribution in [3.63, 3.8) is 0 Å². The molecule has 3 heteroatoms. The molecule has 11 rings (SSSR count). The average molecular weight is 805 g/mol. The minimum atomic E-state index is 1.25. The Morgan fingerprint density at radius 2 is 0.424 bits per heavy atom. The first kappa shape index (κ1) is 35.5. The third kappa shape index (κ3) is 6.94. The van der Waals surface area contributed by atoms with Crippen LogP contribution in [0.25, 0.3) is 106 Å². The molecule has 0 radical (unpaired) electrons. The highest BCUT2D eigenvalue weighted by Gasteiger charge is 2.12. The Bertz CT molecular complexity index is 3000. The second-order valence-corrected chi connectivity index (χ2v) is 18.1. The lowest BCUT2D eigenvalue weighted by Crippen LogP contribution is -1.81. The lowest BCUT2D eigenvalue weighted by molar-refractivity contribution is 1.64. The Balaban J connectivity index is 0.754. The molecule has 0 aliphatic heterocycles. The van der Waals surface area contributed by atoms with E-state index in [2.05, 4.69) is 218 Å². The van der Waals surface area contributed by atoms with Gasteiger partial charge >= 0.3 is 0 Å². The quantitative estimate of drug-likeness (QED) is 0.144. The van der Waals surface area contributed by atoms with E-state index in [1.165, 1.54) is 106 Å². The highest BCUT2D eigenvalue weighted by Crippen LogP contribution is 2.41. The van der Waals surface area contributed by atoms with E-state index < -0.39 is 0 Å². The van der Waals surface area contributed by atoms with Gasteiger partial charge < -0.3 is 0 Å². The SMILES string of the molecule is c1ccc2c(-c3ccc(-c4ccc(-c5ccc(-c6ccc(-c7ccc(-c8ccc(-c9ccc(-c%10cccc%11ccccc%10%11)cc9)s8)cc7)s6)cc5)s4)cc3)cccc2c1. The fourth-order valence-corrected chi connectivity index (χ4v) is 11.2. The summed E-state index contributed by atoms with van der Waals surface area (Å²) in [6.45, 7) is 0. The van der Waals surface area contributed by atoms with Gasteiger partial charge in [0, 0.05) is 29.3 Å². The Morgan fingerprint density at radius 1 is 0.186 bits per heavy atom. The Kier molecular flexibility index (Phi) is 9.20. The highest BCUT2D eigenvalue weighted by molar-refractivity contribution is 7.19. The zero-order valence-corrected chi connectivity index (χ0v) is 34.5. The van der Waals surface area contributed by atoms with Crippen LogP contribution in [0.2, 0.25) is 0 Å². The minimum absolute atomic E-state index is 1.25. The van der Waals surface area contributed by atoms with Crippen LogP contribution in [0.15, 0.2) is 218 Å². The van der Waals surface area contributed by atoms with Crippen molar-refractivity contribution in [1.82, 2.24) is 0 Å². The van der Waals surface area contributed by atoms with Crippen LogP contribution in [0.5, 0.6) is 0 Å². The van der Waals surface area contributed by atoms with Gasteiger partial charge in [-0.3, -0.25) is 0 Å². The largest absolute Gasteiger partial charge is 0.135 e. The second kappa shape index (κ2) is 15.3. The summed E-state index contributed by atoms with van der Waals surface area (Å²) in [5.41, 5.74) is 12.5. The van der Waals surface area contributed by atoms with Crippen LogP contribution in [0, 0.1) is 0 Å². The van der Waals surface area contributed by atoms with E-state index in [-0.39, 0.29) is 0 Å². The number of hydrogen-bond acceptors (Lipinski definition) is 3. The highest BCUT2D eigenvalue weighted by atomic mass is 32.1. The maximum absolute atomic E-state index is 2.26. The number of hydrogen-bond donors (Lipinski definition) is 0. The molecule has 3 heterocycles. The summed E-state index contributed by atoms with van der Waals surface area (Å²) in [6.07, 6.45) is 0. The molecule has 0 amide bonds. The van der Waals surface area contributed by atoms with Crippen LogP contribution < -0.4 is 0 Å². The first-order chi connectivity index (χ1) is 29.2. The molecule has 0 N–H and O–H groups in total. The predicted octanol–water partition coefficient (Wildman–Crippen LogP) is 17.5. The van der Waals surface area contributed by atoms with Gasteiger partial charge in [0.05, 0.1) is 0 Å². The number of rotatable bonds is 8. The van der Waals surface area contributed by atoms with Crippen molar-refractivity contribution >= 4 is 55.6 Å². The van der Waals surface area contributed by atoms with Gasteiger partial charge in [-0.25, -0.2) is 0 Å². The molecule has 3 aromatic heterocycles. The Labute approximate surface area is 356 Å². The summed E-state index contributed by atoms with van der Waals surface area (Å²) in [5, 5.41) is 5.12. The van der Waals surface area contributed by atoms with Gasteiger partial charge in [-0.1, -0.05) is 182 Å². The van der Waals surface area contributed by atoms with E-state index in [0.29, 0.717) is 0 Å². The summed E-state index contributed by atoms with van der Waals surface area (Å²) >= 11 is 5.55. The van der Waals surface area contributed by atoms with Gasteiger partial charge in [-0.05, 0) is 114 Å². The van der Waals surface area contributed by atoms with Crippen LogP contribution in [-0.2, 0) is 0 Å². The third-order valence-corrected chi connectivity index (χ3v) is 14.8.